The smallest absolute Gasteiger partial charge is 0.233 e. The summed E-state index contributed by atoms with van der Waals surface area (Å²) in [7, 11) is 0. The lowest BCUT2D eigenvalue weighted by molar-refractivity contribution is -0.120. The second-order valence-electron chi connectivity index (χ2n) is 4.23. The van der Waals surface area contributed by atoms with Crippen LogP contribution in [0.5, 0.6) is 0 Å². The quantitative estimate of drug-likeness (QED) is 0.851. The molecule has 5 heteroatoms. The second kappa shape index (κ2) is 6.82. The molecule has 0 spiro atoms. The average molecular weight is 339 g/mol. The van der Waals surface area contributed by atoms with Crippen molar-refractivity contribution in [2.24, 2.45) is 0 Å². The van der Waals surface area contributed by atoms with Crippen molar-refractivity contribution in [1.82, 2.24) is 10.3 Å². The summed E-state index contributed by atoms with van der Waals surface area (Å²) in [6.07, 6.45) is 0.842. The van der Waals surface area contributed by atoms with Crippen molar-refractivity contribution in [3.8, 4) is 0 Å². The summed E-state index contributed by atoms with van der Waals surface area (Å²) >= 11 is 4.86. The molecule has 0 saturated heterocycles. The van der Waals surface area contributed by atoms with Crippen LogP contribution >= 0.6 is 27.3 Å². The van der Waals surface area contributed by atoms with E-state index in [1.54, 1.807) is 18.3 Å². The molecule has 3 nitrogen and oxygen atoms in total. The monoisotopic (exact) mass is 338 g/mol. The first-order valence-corrected chi connectivity index (χ1v) is 7.83. The Labute approximate surface area is 125 Å². The van der Waals surface area contributed by atoms with E-state index in [1.807, 2.05) is 23.6 Å². The van der Waals surface area contributed by atoms with Gasteiger partial charge in [0.25, 0.3) is 0 Å². The molecule has 1 unspecified atom stereocenters. The lowest BCUT2D eigenvalue weighted by Crippen LogP contribution is -2.28. The van der Waals surface area contributed by atoms with Gasteiger partial charge in [-0.25, -0.2) is 4.98 Å². The molecule has 1 N–H and O–H groups in total. The van der Waals surface area contributed by atoms with Crippen LogP contribution in [0.15, 0.2) is 35.7 Å². The van der Waals surface area contributed by atoms with Gasteiger partial charge in [0.05, 0.1) is 22.1 Å². The molecule has 19 heavy (non-hydrogen) atoms. The number of nitrogens with one attached hydrogen (secondary N) is 1. The van der Waals surface area contributed by atoms with Crippen LogP contribution in [0.4, 0.5) is 0 Å². The van der Waals surface area contributed by atoms with Gasteiger partial charge < -0.3 is 5.32 Å². The van der Waals surface area contributed by atoms with E-state index in [0.717, 1.165) is 17.1 Å². The Kier molecular flexibility index (Phi) is 5.10. The lowest BCUT2D eigenvalue weighted by Gasteiger charge is -2.04. The molecule has 1 aromatic carbocycles. The van der Waals surface area contributed by atoms with Gasteiger partial charge in [0.15, 0.2) is 0 Å². The molecular weight excluding hydrogens is 324 g/mol. The largest absolute Gasteiger partial charge is 0.349 e. The van der Waals surface area contributed by atoms with E-state index in [0.29, 0.717) is 6.54 Å². The summed E-state index contributed by atoms with van der Waals surface area (Å²) in [5, 5.41) is 5.90. The number of halogens is 1. The maximum Gasteiger partial charge on any atom is 0.233 e. The van der Waals surface area contributed by atoms with E-state index in [2.05, 4.69) is 38.4 Å². The number of thiazole rings is 1. The van der Waals surface area contributed by atoms with Gasteiger partial charge in [-0.2, -0.15) is 0 Å². The van der Waals surface area contributed by atoms with Crippen molar-refractivity contribution < 1.29 is 4.79 Å². The molecule has 0 radical (unpaired) electrons. The number of rotatable bonds is 5. The molecule has 2 aromatic rings. The van der Waals surface area contributed by atoms with Gasteiger partial charge in [0, 0.05) is 11.8 Å². The summed E-state index contributed by atoms with van der Waals surface area (Å²) in [6.45, 7) is 2.29. The number of alkyl halides is 1. The van der Waals surface area contributed by atoms with Gasteiger partial charge in [-0.3, -0.25) is 4.79 Å². The zero-order valence-corrected chi connectivity index (χ0v) is 13.0. The number of hydrogen-bond acceptors (Lipinski definition) is 3. The van der Waals surface area contributed by atoms with Gasteiger partial charge in [0.1, 0.15) is 0 Å². The van der Waals surface area contributed by atoms with Gasteiger partial charge in [-0.05, 0) is 12.5 Å². The predicted octanol–water partition coefficient (Wildman–Crippen LogP) is 3.13. The summed E-state index contributed by atoms with van der Waals surface area (Å²) < 4.78 is 0. The van der Waals surface area contributed by atoms with Gasteiger partial charge in [-0.15, -0.1) is 11.3 Å². The molecule has 0 bridgehead atoms. The van der Waals surface area contributed by atoms with Crippen molar-refractivity contribution in [2.75, 3.05) is 0 Å². The topological polar surface area (TPSA) is 42.0 Å². The Hall–Kier alpha value is -1.20. The van der Waals surface area contributed by atoms with Crippen LogP contribution in [0.25, 0.3) is 0 Å². The summed E-state index contributed by atoms with van der Waals surface area (Å²) in [5.74, 6) is -0.0161. The highest BCUT2D eigenvalue weighted by Crippen LogP contribution is 2.14. The fourth-order valence-electron chi connectivity index (χ4n) is 1.60. The van der Waals surface area contributed by atoms with Crippen molar-refractivity contribution in [1.29, 1.82) is 0 Å². The van der Waals surface area contributed by atoms with E-state index >= 15 is 0 Å². The minimum atomic E-state index is -0.171. The Morgan fingerprint density at radius 2 is 2.16 bits per heavy atom. The first kappa shape index (κ1) is 14.2. The number of benzene rings is 1. The zero-order valence-electron chi connectivity index (χ0n) is 10.6. The molecule has 1 heterocycles. The third-order valence-electron chi connectivity index (χ3n) is 2.60. The van der Waals surface area contributed by atoms with E-state index < -0.39 is 0 Å². The predicted molar refractivity (Wildman–Crippen MR) is 81.6 cm³/mol. The molecule has 0 aliphatic carbocycles. The van der Waals surface area contributed by atoms with Gasteiger partial charge >= 0.3 is 0 Å². The maximum absolute atomic E-state index is 11.4. The van der Waals surface area contributed by atoms with Gasteiger partial charge in [0.2, 0.25) is 5.91 Å². The zero-order chi connectivity index (χ0) is 13.7. The molecule has 100 valence electrons. The summed E-state index contributed by atoms with van der Waals surface area (Å²) in [4.78, 5) is 15.8. The highest BCUT2D eigenvalue weighted by atomic mass is 79.9. The first-order chi connectivity index (χ1) is 9.15. The molecule has 0 saturated carbocycles. The normalized spacial score (nSPS) is 12.1. The minimum Gasteiger partial charge on any atom is -0.349 e. The van der Waals surface area contributed by atoms with Crippen LogP contribution in [-0.2, 0) is 17.8 Å². The third kappa shape index (κ3) is 4.44. The highest BCUT2D eigenvalue weighted by molar-refractivity contribution is 9.10. The van der Waals surface area contributed by atoms with Crippen LogP contribution in [0.3, 0.4) is 0 Å². The SMILES string of the molecule is CC(Br)C(=O)NCc1csc(Cc2ccccc2)n1. The summed E-state index contributed by atoms with van der Waals surface area (Å²) in [6, 6.07) is 10.3. The molecule has 1 atom stereocenters. The lowest BCUT2D eigenvalue weighted by atomic mass is 10.2. The summed E-state index contributed by atoms with van der Waals surface area (Å²) in [5.41, 5.74) is 2.17. The molecule has 0 aliphatic heterocycles. The number of carbonyl (C=O) groups is 1. The number of amides is 1. The van der Waals surface area contributed by atoms with E-state index in [-0.39, 0.29) is 10.7 Å². The Morgan fingerprint density at radius 1 is 1.42 bits per heavy atom. The number of aromatic nitrogens is 1. The fourth-order valence-corrected chi connectivity index (χ4v) is 2.59. The van der Waals surface area contributed by atoms with Crippen molar-refractivity contribution in [3.05, 3.63) is 52.0 Å². The third-order valence-corrected chi connectivity index (χ3v) is 3.92. The van der Waals surface area contributed by atoms with E-state index in [9.17, 15) is 4.79 Å². The Morgan fingerprint density at radius 3 is 2.84 bits per heavy atom. The Bertz CT molecular complexity index is 539. The molecule has 2 rings (SSSR count). The number of nitrogens with zero attached hydrogens (tertiary/aromatic N) is 1. The molecule has 0 fully saturated rings. The van der Waals surface area contributed by atoms with Crippen LogP contribution in [0.1, 0.15) is 23.2 Å². The standard InChI is InChI=1S/C14H15BrN2OS/c1-10(15)14(18)16-8-12-9-19-13(17-12)7-11-5-3-2-4-6-11/h2-6,9-10H,7-8H2,1H3,(H,16,18). The van der Waals surface area contributed by atoms with Crippen LogP contribution in [-0.4, -0.2) is 15.7 Å². The molecule has 1 aromatic heterocycles. The van der Waals surface area contributed by atoms with E-state index in [4.69, 9.17) is 0 Å². The molecule has 0 aliphatic rings. The average Bonchev–Trinajstić information content (AvgIpc) is 2.84. The second-order valence-corrected chi connectivity index (χ2v) is 6.54. The van der Waals surface area contributed by atoms with Gasteiger partial charge in [-0.1, -0.05) is 46.3 Å². The number of hydrogen-bond donors (Lipinski definition) is 1. The number of carbonyl (C=O) groups excluding carboxylic acids is 1. The van der Waals surface area contributed by atoms with Crippen molar-refractivity contribution in [3.63, 3.8) is 0 Å². The maximum atomic E-state index is 11.4. The van der Waals surface area contributed by atoms with E-state index in [1.165, 1.54) is 5.56 Å². The fraction of sp³-hybridized carbons (Fsp3) is 0.286. The Balaban J connectivity index is 1.91. The minimum absolute atomic E-state index is 0.0161. The van der Waals surface area contributed by atoms with Crippen molar-refractivity contribution >= 4 is 33.2 Å². The highest BCUT2D eigenvalue weighted by Gasteiger charge is 2.09. The van der Waals surface area contributed by atoms with Crippen LogP contribution in [0.2, 0.25) is 0 Å². The first-order valence-electron chi connectivity index (χ1n) is 6.04. The van der Waals surface area contributed by atoms with Crippen LogP contribution in [0, 0.1) is 0 Å². The van der Waals surface area contributed by atoms with Crippen molar-refractivity contribution in [2.45, 2.75) is 24.7 Å². The molecular formula is C14H15BrN2OS. The molecule has 1 amide bonds. The van der Waals surface area contributed by atoms with Crippen LogP contribution < -0.4 is 5.32 Å².